The molecule has 3 unspecified atom stereocenters. The van der Waals surface area contributed by atoms with Crippen molar-refractivity contribution in [2.75, 3.05) is 0 Å². The Bertz CT molecular complexity index is 238. The first-order chi connectivity index (χ1) is 6.93. The molecule has 78 valence electrons. The quantitative estimate of drug-likeness (QED) is 0.499. The minimum absolute atomic E-state index is 0.994. The number of fused-ring (bicyclic) bond motifs is 2. The fourth-order valence-electron chi connectivity index (χ4n) is 3.99. The molecule has 0 saturated heterocycles. The van der Waals surface area contributed by atoms with Crippen molar-refractivity contribution >= 4 is 0 Å². The summed E-state index contributed by atoms with van der Waals surface area (Å²) in [6.45, 7) is 0. The van der Waals surface area contributed by atoms with Gasteiger partial charge >= 0.3 is 0 Å². The van der Waals surface area contributed by atoms with Crippen LogP contribution in [0.1, 0.15) is 57.8 Å². The van der Waals surface area contributed by atoms with Crippen LogP contribution in [0.4, 0.5) is 0 Å². The van der Waals surface area contributed by atoms with Gasteiger partial charge < -0.3 is 0 Å². The first-order valence-corrected chi connectivity index (χ1v) is 6.64. The van der Waals surface area contributed by atoms with Gasteiger partial charge in [0.1, 0.15) is 0 Å². The van der Waals surface area contributed by atoms with Gasteiger partial charge in [-0.05, 0) is 56.3 Å². The van der Waals surface area contributed by atoms with Crippen molar-refractivity contribution in [2.24, 2.45) is 17.8 Å². The molecule has 0 aromatic carbocycles. The summed E-state index contributed by atoms with van der Waals surface area (Å²) in [5.41, 5.74) is 1.86. The predicted molar refractivity (Wildman–Crippen MR) is 60.1 cm³/mol. The fourth-order valence-corrected chi connectivity index (χ4v) is 3.99. The Kier molecular flexibility index (Phi) is 2.39. The molecule has 0 heterocycles. The second kappa shape index (κ2) is 3.72. The largest absolute Gasteiger partial charge is 0.0817 e. The first kappa shape index (κ1) is 9.00. The van der Waals surface area contributed by atoms with E-state index in [0.29, 0.717) is 0 Å². The van der Waals surface area contributed by atoms with Crippen molar-refractivity contribution in [2.45, 2.75) is 57.8 Å². The molecule has 0 amide bonds. The van der Waals surface area contributed by atoms with Gasteiger partial charge in [-0.25, -0.2) is 0 Å². The minimum atomic E-state index is 0.994. The zero-order valence-electron chi connectivity index (χ0n) is 9.17. The Morgan fingerprint density at radius 3 is 2.79 bits per heavy atom. The lowest BCUT2D eigenvalue weighted by Crippen LogP contribution is -2.28. The Balaban J connectivity index is 1.80. The molecule has 3 atom stereocenters. The maximum atomic E-state index is 2.71. The van der Waals surface area contributed by atoms with Crippen molar-refractivity contribution in [3.8, 4) is 0 Å². The van der Waals surface area contributed by atoms with Gasteiger partial charge in [0.2, 0.25) is 0 Å². The molecule has 0 nitrogen and oxygen atoms in total. The van der Waals surface area contributed by atoms with Crippen LogP contribution in [0.15, 0.2) is 11.6 Å². The fraction of sp³-hybridized carbons (Fsp3) is 0.857. The highest BCUT2D eigenvalue weighted by Crippen LogP contribution is 2.46. The molecule has 3 rings (SSSR count). The van der Waals surface area contributed by atoms with E-state index in [2.05, 4.69) is 6.08 Å². The Morgan fingerprint density at radius 2 is 1.79 bits per heavy atom. The smallest absolute Gasteiger partial charge is 0.0200 e. The van der Waals surface area contributed by atoms with E-state index in [-0.39, 0.29) is 0 Å². The van der Waals surface area contributed by atoms with Crippen LogP contribution in [0.3, 0.4) is 0 Å². The molecule has 0 spiro atoms. The molecule has 3 aliphatic carbocycles. The summed E-state index contributed by atoms with van der Waals surface area (Å²) in [6.07, 6.45) is 16.2. The maximum Gasteiger partial charge on any atom is -0.0200 e. The summed E-state index contributed by atoms with van der Waals surface area (Å²) >= 11 is 0. The molecular weight excluding hydrogens is 168 g/mol. The van der Waals surface area contributed by atoms with Crippen LogP contribution in [0.5, 0.6) is 0 Å². The summed E-state index contributed by atoms with van der Waals surface area (Å²) in [4.78, 5) is 0. The second-order valence-electron chi connectivity index (χ2n) is 5.63. The predicted octanol–water partition coefficient (Wildman–Crippen LogP) is 4.31. The van der Waals surface area contributed by atoms with Crippen molar-refractivity contribution < 1.29 is 0 Å². The highest BCUT2D eigenvalue weighted by atomic mass is 14.4. The second-order valence-corrected chi connectivity index (χ2v) is 5.63. The lowest BCUT2D eigenvalue weighted by Gasteiger charge is -2.40. The van der Waals surface area contributed by atoms with E-state index >= 15 is 0 Å². The Hall–Kier alpha value is -0.260. The van der Waals surface area contributed by atoms with Gasteiger partial charge in [0, 0.05) is 0 Å². The summed E-state index contributed by atoms with van der Waals surface area (Å²) < 4.78 is 0. The maximum absolute atomic E-state index is 2.71. The average Bonchev–Trinajstić information content (AvgIpc) is 2.26. The normalized spacial score (nSPS) is 42.3. The van der Waals surface area contributed by atoms with Gasteiger partial charge in [-0.15, -0.1) is 0 Å². The van der Waals surface area contributed by atoms with Gasteiger partial charge in [-0.2, -0.15) is 0 Å². The zero-order chi connectivity index (χ0) is 9.38. The third-order valence-corrected chi connectivity index (χ3v) is 4.78. The van der Waals surface area contributed by atoms with Gasteiger partial charge in [-0.1, -0.05) is 30.9 Å². The van der Waals surface area contributed by atoms with E-state index in [1.165, 1.54) is 51.4 Å². The van der Waals surface area contributed by atoms with E-state index in [4.69, 9.17) is 0 Å². The minimum Gasteiger partial charge on any atom is -0.0817 e. The van der Waals surface area contributed by atoms with E-state index < -0.39 is 0 Å². The number of rotatable bonds is 0. The molecule has 2 fully saturated rings. The van der Waals surface area contributed by atoms with E-state index in [1.54, 1.807) is 6.42 Å². The zero-order valence-corrected chi connectivity index (χ0v) is 9.17. The van der Waals surface area contributed by atoms with Crippen LogP contribution in [-0.4, -0.2) is 0 Å². The Labute approximate surface area is 87.8 Å². The summed E-state index contributed by atoms with van der Waals surface area (Å²) in [7, 11) is 0. The lowest BCUT2D eigenvalue weighted by atomic mass is 9.65. The standard InChI is InChI=1S/C14H22/c1-2-6-12-10-14-8-4-3-7-13(14)9-11(12)5-1/h9,11-12,14H,1-8,10H2. The van der Waals surface area contributed by atoms with E-state index in [1.807, 2.05) is 5.57 Å². The van der Waals surface area contributed by atoms with Crippen molar-refractivity contribution in [3.05, 3.63) is 11.6 Å². The number of hydrogen-bond donors (Lipinski definition) is 0. The summed E-state index contributed by atoms with van der Waals surface area (Å²) in [5.74, 6) is 3.09. The third-order valence-electron chi connectivity index (χ3n) is 4.78. The average molecular weight is 190 g/mol. The van der Waals surface area contributed by atoms with Crippen LogP contribution in [0.2, 0.25) is 0 Å². The summed E-state index contributed by atoms with van der Waals surface area (Å²) in [6, 6.07) is 0. The SMILES string of the molecule is C1=C2CCCCC2CC2CCCCC12. The molecule has 14 heavy (non-hydrogen) atoms. The van der Waals surface area contributed by atoms with Crippen LogP contribution in [-0.2, 0) is 0 Å². The highest BCUT2D eigenvalue weighted by molar-refractivity contribution is 5.16. The van der Waals surface area contributed by atoms with Crippen LogP contribution < -0.4 is 0 Å². The van der Waals surface area contributed by atoms with E-state index in [0.717, 1.165) is 17.8 Å². The summed E-state index contributed by atoms with van der Waals surface area (Å²) in [5, 5.41) is 0. The van der Waals surface area contributed by atoms with Gasteiger partial charge in [0.15, 0.2) is 0 Å². The molecule has 0 aliphatic heterocycles. The molecule has 0 heteroatoms. The number of hydrogen-bond acceptors (Lipinski definition) is 0. The van der Waals surface area contributed by atoms with Crippen molar-refractivity contribution in [1.82, 2.24) is 0 Å². The highest BCUT2D eigenvalue weighted by Gasteiger charge is 2.33. The van der Waals surface area contributed by atoms with Crippen molar-refractivity contribution in [3.63, 3.8) is 0 Å². The van der Waals surface area contributed by atoms with Crippen LogP contribution >= 0.6 is 0 Å². The molecule has 0 aromatic rings. The number of allylic oxidation sites excluding steroid dienone is 2. The lowest BCUT2D eigenvalue weighted by molar-refractivity contribution is 0.207. The topological polar surface area (TPSA) is 0 Å². The molecule has 3 aliphatic rings. The third kappa shape index (κ3) is 1.53. The molecule has 2 saturated carbocycles. The molecule has 0 bridgehead atoms. The van der Waals surface area contributed by atoms with Gasteiger partial charge in [0.05, 0.1) is 0 Å². The molecule has 0 radical (unpaired) electrons. The monoisotopic (exact) mass is 190 g/mol. The van der Waals surface area contributed by atoms with Gasteiger partial charge in [-0.3, -0.25) is 0 Å². The molecule has 0 aromatic heterocycles. The van der Waals surface area contributed by atoms with Gasteiger partial charge in [0.25, 0.3) is 0 Å². The van der Waals surface area contributed by atoms with Crippen molar-refractivity contribution in [1.29, 1.82) is 0 Å². The first-order valence-electron chi connectivity index (χ1n) is 6.64. The molecule has 0 N–H and O–H groups in total. The Morgan fingerprint density at radius 1 is 0.929 bits per heavy atom. The van der Waals surface area contributed by atoms with E-state index in [9.17, 15) is 0 Å². The molecular formula is C14H22. The van der Waals surface area contributed by atoms with Crippen LogP contribution in [0.25, 0.3) is 0 Å². The van der Waals surface area contributed by atoms with Crippen LogP contribution in [0, 0.1) is 17.8 Å².